The fourth-order valence-corrected chi connectivity index (χ4v) is 2.60. The van der Waals surface area contributed by atoms with E-state index in [-0.39, 0.29) is 17.3 Å². The fourth-order valence-electron chi connectivity index (χ4n) is 1.72. The van der Waals surface area contributed by atoms with Gasteiger partial charge in [0.05, 0.1) is 5.75 Å². The van der Waals surface area contributed by atoms with Gasteiger partial charge in [0.25, 0.3) is 0 Å². The third-order valence-corrected chi connectivity index (χ3v) is 4.47. The summed E-state index contributed by atoms with van der Waals surface area (Å²) in [7, 11) is -2.85. The van der Waals surface area contributed by atoms with Crippen molar-refractivity contribution in [2.75, 3.05) is 11.5 Å². The van der Waals surface area contributed by atoms with Gasteiger partial charge in [-0.05, 0) is 31.8 Å². The number of hydrogen-bond acceptors (Lipinski definition) is 3. The molecule has 0 aliphatic heterocycles. The van der Waals surface area contributed by atoms with Gasteiger partial charge >= 0.3 is 0 Å². The van der Waals surface area contributed by atoms with Crippen LogP contribution in [-0.4, -0.2) is 25.7 Å². The normalized spacial score (nSPS) is 17.7. The van der Waals surface area contributed by atoms with Crippen LogP contribution in [0.2, 0.25) is 0 Å². The highest BCUT2D eigenvalue weighted by molar-refractivity contribution is 7.91. The van der Waals surface area contributed by atoms with Gasteiger partial charge in [0, 0.05) is 12.2 Å². The predicted octanol–water partition coefficient (Wildman–Crippen LogP) is 1.88. The highest BCUT2D eigenvalue weighted by Crippen LogP contribution is 2.19. The highest BCUT2D eigenvalue weighted by Gasteiger charge is 2.11. The van der Waals surface area contributed by atoms with E-state index in [2.05, 4.69) is 0 Å². The van der Waals surface area contributed by atoms with Gasteiger partial charge in [-0.3, -0.25) is 4.79 Å². The van der Waals surface area contributed by atoms with Crippen LogP contribution in [0.1, 0.15) is 39.0 Å². The minimum atomic E-state index is -2.85. The molecule has 0 N–H and O–H groups in total. The summed E-state index contributed by atoms with van der Waals surface area (Å²) in [5, 5.41) is 0. The number of carbonyl (C=O) groups is 1. The van der Waals surface area contributed by atoms with Gasteiger partial charge in [-0.2, -0.15) is 0 Å². The van der Waals surface area contributed by atoms with E-state index < -0.39 is 9.84 Å². The Kier molecular flexibility index (Phi) is 4.51. The van der Waals surface area contributed by atoms with E-state index in [0.29, 0.717) is 12.8 Å². The Morgan fingerprint density at radius 1 is 1.33 bits per heavy atom. The molecule has 0 fully saturated rings. The molecule has 1 rings (SSSR count). The van der Waals surface area contributed by atoms with Gasteiger partial charge in [0.2, 0.25) is 0 Å². The summed E-state index contributed by atoms with van der Waals surface area (Å²) in [5.41, 5.74) is 1.12. The Morgan fingerprint density at radius 3 is 2.67 bits per heavy atom. The molecule has 0 bridgehead atoms. The van der Waals surface area contributed by atoms with Crippen LogP contribution < -0.4 is 0 Å². The lowest BCUT2D eigenvalue weighted by molar-refractivity contribution is -0.115. The lowest BCUT2D eigenvalue weighted by Crippen LogP contribution is -2.09. The summed E-state index contributed by atoms with van der Waals surface area (Å²) in [5.74, 6) is 0.648. The van der Waals surface area contributed by atoms with Crippen molar-refractivity contribution in [2.24, 2.45) is 0 Å². The average molecular weight is 230 g/mol. The minimum absolute atomic E-state index is 0.189. The first-order valence-corrected chi connectivity index (χ1v) is 7.28. The van der Waals surface area contributed by atoms with Gasteiger partial charge in [-0.15, -0.1) is 0 Å². The van der Waals surface area contributed by atoms with E-state index in [9.17, 15) is 13.2 Å². The van der Waals surface area contributed by atoms with Crippen molar-refractivity contribution in [3.8, 4) is 0 Å². The van der Waals surface area contributed by atoms with Crippen molar-refractivity contribution in [3.63, 3.8) is 0 Å². The Morgan fingerprint density at radius 2 is 2.07 bits per heavy atom. The number of sulfone groups is 1. The maximum absolute atomic E-state index is 11.2. The van der Waals surface area contributed by atoms with E-state index in [1.165, 1.54) is 0 Å². The SMILES string of the molecule is CCS(=O)(=O)CCCC1=CC(=O)CCC1. The first-order valence-electron chi connectivity index (χ1n) is 5.46. The molecular weight excluding hydrogens is 212 g/mol. The van der Waals surface area contributed by atoms with Gasteiger partial charge in [-0.25, -0.2) is 8.42 Å². The standard InChI is InChI=1S/C11H18O3S/c1-2-15(13,14)8-4-6-10-5-3-7-11(12)9-10/h9H,2-8H2,1H3. The van der Waals surface area contributed by atoms with Crippen LogP contribution in [0.4, 0.5) is 0 Å². The molecule has 0 spiro atoms. The topological polar surface area (TPSA) is 51.2 Å². The second kappa shape index (κ2) is 5.45. The Labute approximate surface area is 91.5 Å². The van der Waals surface area contributed by atoms with Crippen LogP contribution in [-0.2, 0) is 14.6 Å². The van der Waals surface area contributed by atoms with Crippen molar-refractivity contribution in [1.82, 2.24) is 0 Å². The molecule has 0 radical (unpaired) electrons. The summed E-state index contributed by atoms with van der Waals surface area (Å²) >= 11 is 0. The Bertz CT molecular complexity index is 352. The van der Waals surface area contributed by atoms with E-state index in [1.807, 2.05) is 0 Å². The number of ketones is 1. The zero-order chi connectivity index (χ0) is 11.3. The van der Waals surface area contributed by atoms with Crippen LogP contribution in [0, 0.1) is 0 Å². The molecule has 1 aliphatic rings. The van der Waals surface area contributed by atoms with Crippen LogP contribution in [0.3, 0.4) is 0 Å². The Hall–Kier alpha value is -0.640. The van der Waals surface area contributed by atoms with E-state index in [0.717, 1.165) is 24.8 Å². The Balaban J connectivity index is 2.35. The maximum atomic E-state index is 11.2. The third-order valence-electron chi connectivity index (χ3n) is 2.68. The van der Waals surface area contributed by atoms with Crippen LogP contribution >= 0.6 is 0 Å². The summed E-state index contributed by atoms with van der Waals surface area (Å²) in [6, 6.07) is 0. The second-order valence-corrected chi connectivity index (χ2v) is 6.44. The second-order valence-electron chi connectivity index (χ2n) is 3.96. The lowest BCUT2D eigenvalue weighted by Gasteiger charge is -2.11. The van der Waals surface area contributed by atoms with Gasteiger partial charge in [0.1, 0.15) is 9.84 Å². The number of hydrogen-bond donors (Lipinski definition) is 0. The molecule has 0 atom stereocenters. The molecule has 0 aromatic carbocycles. The van der Waals surface area contributed by atoms with Gasteiger partial charge in [0.15, 0.2) is 5.78 Å². The van der Waals surface area contributed by atoms with E-state index >= 15 is 0 Å². The molecule has 0 saturated carbocycles. The van der Waals surface area contributed by atoms with Crippen molar-refractivity contribution < 1.29 is 13.2 Å². The maximum Gasteiger partial charge on any atom is 0.155 e. The molecule has 0 aromatic heterocycles. The largest absolute Gasteiger partial charge is 0.295 e. The van der Waals surface area contributed by atoms with E-state index in [4.69, 9.17) is 0 Å². The molecule has 0 amide bonds. The van der Waals surface area contributed by atoms with Crippen molar-refractivity contribution in [3.05, 3.63) is 11.6 Å². The van der Waals surface area contributed by atoms with Crippen LogP contribution in [0.5, 0.6) is 0 Å². The van der Waals surface area contributed by atoms with Crippen LogP contribution in [0.25, 0.3) is 0 Å². The molecule has 4 heteroatoms. The van der Waals surface area contributed by atoms with E-state index in [1.54, 1.807) is 13.0 Å². The minimum Gasteiger partial charge on any atom is -0.295 e. The van der Waals surface area contributed by atoms with Crippen LogP contribution in [0.15, 0.2) is 11.6 Å². The molecule has 86 valence electrons. The number of carbonyl (C=O) groups excluding carboxylic acids is 1. The summed E-state index contributed by atoms with van der Waals surface area (Å²) in [6.45, 7) is 1.67. The average Bonchev–Trinajstić information content (AvgIpc) is 2.18. The summed E-state index contributed by atoms with van der Waals surface area (Å²) in [4.78, 5) is 11.1. The fraction of sp³-hybridized carbons (Fsp3) is 0.727. The molecule has 0 saturated heterocycles. The molecule has 3 nitrogen and oxygen atoms in total. The predicted molar refractivity (Wildman–Crippen MR) is 60.5 cm³/mol. The monoisotopic (exact) mass is 230 g/mol. The van der Waals surface area contributed by atoms with Gasteiger partial charge < -0.3 is 0 Å². The highest BCUT2D eigenvalue weighted by atomic mass is 32.2. The lowest BCUT2D eigenvalue weighted by atomic mass is 9.96. The van der Waals surface area contributed by atoms with Gasteiger partial charge in [-0.1, -0.05) is 12.5 Å². The molecule has 15 heavy (non-hydrogen) atoms. The molecular formula is C11H18O3S. The molecule has 0 heterocycles. The smallest absolute Gasteiger partial charge is 0.155 e. The summed E-state index contributed by atoms with van der Waals surface area (Å²) in [6.07, 6.45) is 5.63. The summed E-state index contributed by atoms with van der Waals surface area (Å²) < 4.78 is 22.4. The first kappa shape index (κ1) is 12.4. The molecule has 0 unspecified atom stereocenters. The number of allylic oxidation sites excluding steroid dienone is 2. The number of rotatable bonds is 5. The van der Waals surface area contributed by atoms with Crippen molar-refractivity contribution in [2.45, 2.75) is 39.0 Å². The quantitative estimate of drug-likeness (QED) is 0.724. The molecule has 0 aromatic rings. The zero-order valence-electron chi connectivity index (χ0n) is 9.16. The molecule has 1 aliphatic carbocycles. The first-order chi connectivity index (χ1) is 7.03. The van der Waals surface area contributed by atoms with Crippen molar-refractivity contribution in [1.29, 1.82) is 0 Å². The van der Waals surface area contributed by atoms with Crippen molar-refractivity contribution >= 4 is 15.6 Å². The zero-order valence-corrected chi connectivity index (χ0v) is 9.98. The third kappa shape index (κ3) is 4.60.